The second kappa shape index (κ2) is 13.3. The van der Waals surface area contributed by atoms with Crippen molar-refractivity contribution in [3.8, 4) is 0 Å². The average molecular weight is 691 g/mol. The van der Waals surface area contributed by atoms with Crippen LogP contribution in [0.3, 0.4) is 0 Å². The average Bonchev–Trinajstić information content (AvgIpc) is 3.19. The van der Waals surface area contributed by atoms with Gasteiger partial charge in [-0.2, -0.15) is 8.42 Å². The predicted molar refractivity (Wildman–Crippen MR) is 168 cm³/mol. The number of allylic oxidation sites excluding steroid dienone is 1. The maximum absolute atomic E-state index is 12.8. The molecule has 3 saturated carbocycles. The van der Waals surface area contributed by atoms with Gasteiger partial charge in [0.05, 0.1) is 36.6 Å². The Morgan fingerprint density at radius 3 is 2.32 bits per heavy atom. The van der Waals surface area contributed by atoms with Crippen LogP contribution in [0.1, 0.15) is 66.7 Å². The van der Waals surface area contributed by atoms with Crippen LogP contribution in [0.15, 0.2) is 23.8 Å². The summed E-state index contributed by atoms with van der Waals surface area (Å²) in [7, 11) is -3.63. The van der Waals surface area contributed by atoms with E-state index in [1.165, 1.54) is 7.11 Å². The molecule has 0 aromatic carbocycles. The lowest BCUT2D eigenvalue weighted by atomic mass is 9.43. The van der Waals surface area contributed by atoms with Crippen LogP contribution in [0.2, 0.25) is 0 Å². The molecule has 14 heteroatoms. The van der Waals surface area contributed by atoms with E-state index < -0.39 is 99.7 Å². The van der Waals surface area contributed by atoms with Crippen molar-refractivity contribution in [2.75, 3.05) is 13.7 Å². The fourth-order valence-electron chi connectivity index (χ4n) is 10.2. The Balaban J connectivity index is 1.47. The van der Waals surface area contributed by atoms with E-state index in [4.69, 9.17) is 18.4 Å². The normalized spacial score (nSPS) is 49.0. The van der Waals surface area contributed by atoms with Crippen molar-refractivity contribution in [1.82, 2.24) is 0 Å². The molecular formula is C33H54O13S. The third-order valence-electron chi connectivity index (χ3n) is 12.5. The largest absolute Gasteiger partial charge is 0.397 e. The summed E-state index contributed by atoms with van der Waals surface area (Å²) in [6.45, 7) is 9.22. The molecule has 4 aliphatic carbocycles. The Labute approximate surface area is 277 Å². The summed E-state index contributed by atoms with van der Waals surface area (Å²) in [4.78, 5) is 0. The molecular weight excluding hydrogens is 636 g/mol. The first-order valence-electron chi connectivity index (χ1n) is 16.8. The van der Waals surface area contributed by atoms with Gasteiger partial charge in [-0.25, -0.2) is 4.18 Å². The minimum absolute atomic E-state index is 0.127. The first-order chi connectivity index (χ1) is 21.8. The summed E-state index contributed by atoms with van der Waals surface area (Å²) in [5, 5.41) is 66.6. The zero-order valence-corrected chi connectivity index (χ0v) is 28.9. The second-order valence-corrected chi connectivity index (χ2v) is 16.4. The summed E-state index contributed by atoms with van der Waals surface area (Å²) in [5.41, 5.74) is -2.54. The van der Waals surface area contributed by atoms with Gasteiger partial charge in [0.1, 0.15) is 24.4 Å². The molecule has 270 valence electrons. The van der Waals surface area contributed by atoms with Gasteiger partial charge >= 0.3 is 10.4 Å². The molecule has 1 aliphatic heterocycles. The first kappa shape index (κ1) is 37.3. The first-order valence-corrected chi connectivity index (χ1v) is 18.1. The van der Waals surface area contributed by atoms with Gasteiger partial charge < -0.3 is 44.8 Å². The van der Waals surface area contributed by atoms with E-state index in [0.29, 0.717) is 31.3 Å². The van der Waals surface area contributed by atoms with Crippen molar-refractivity contribution in [3.63, 3.8) is 0 Å². The van der Waals surface area contributed by atoms with Crippen LogP contribution in [0, 0.1) is 40.4 Å². The number of methoxy groups -OCH3 is 1. The Bertz CT molecular complexity index is 1300. The van der Waals surface area contributed by atoms with Gasteiger partial charge in [0, 0.05) is 19.4 Å². The molecule has 0 spiro atoms. The molecule has 0 radical (unpaired) electrons. The van der Waals surface area contributed by atoms with Gasteiger partial charge in [-0.3, -0.25) is 4.55 Å². The number of aliphatic hydroxyl groups excluding tert-OH is 5. The number of hydrogen-bond acceptors (Lipinski definition) is 12. The Kier molecular flexibility index (Phi) is 10.5. The van der Waals surface area contributed by atoms with Crippen molar-refractivity contribution < 1.29 is 62.0 Å². The Morgan fingerprint density at radius 1 is 1.02 bits per heavy atom. The molecule has 7 N–H and O–H groups in total. The van der Waals surface area contributed by atoms with Crippen molar-refractivity contribution in [2.24, 2.45) is 40.4 Å². The van der Waals surface area contributed by atoms with Gasteiger partial charge in [-0.05, 0) is 72.7 Å². The number of hydrogen-bond donors (Lipinski definition) is 7. The number of fused-ring (bicyclic) bond motifs is 5. The van der Waals surface area contributed by atoms with Crippen LogP contribution in [0.5, 0.6) is 0 Å². The van der Waals surface area contributed by atoms with E-state index in [0.717, 1.165) is 0 Å². The minimum atomic E-state index is -5.02. The third kappa shape index (κ3) is 6.51. The molecule has 47 heavy (non-hydrogen) atoms. The van der Waals surface area contributed by atoms with E-state index in [-0.39, 0.29) is 24.9 Å². The molecule has 17 atom stereocenters. The minimum Gasteiger partial charge on any atom is -0.393 e. The lowest BCUT2D eigenvalue weighted by Crippen LogP contribution is -2.66. The molecule has 4 fully saturated rings. The third-order valence-corrected chi connectivity index (χ3v) is 13.0. The van der Waals surface area contributed by atoms with E-state index in [9.17, 15) is 43.6 Å². The molecule has 1 heterocycles. The lowest BCUT2D eigenvalue weighted by molar-refractivity contribution is -0.285. The molecule has 0 aromatic rings. The molecule has 1 saturated heterocycles. The topological polar surface area (TPSA) is 213 Å². The molecule has 0 bridgehead atoms. The zero-order chi connectivity index (χ0) is 34.9. The van der Waals surface area contributed by atoms with Crippen molar-refractivity contribution in [1.29, 1.82) is 0 Å². The predicted octanol–water partition coefficient (Wildman–Crippen LogP) is 1.11. The number of ether oxygens (including phenoxy) is 3. The van der Waals surface area contributed by atoms with Crippen LogP contribution in [0.25, 0.3) is 0 Å². The maximum Gasteiger partial charge on any atom is 0.397 e. The van der Waals surface area contributed by atoms with Crippen LogP contribution >= 0.6 is 0 Å². The van der Waals surface area contributed by atoms with Gasteiger partial charge in [0.25, 0.3) is 0 Å². The lowest BCUT2D eigenvalue weighted by Gasteiger charge is -2.64. The number of aliphatic hydroxyl groups is 6. The van der Waals surface area contributed by atoms with Crippen molar-refractivity contribution in [3.05, 3.63) is 23.8 Å². The van der Waals surface area contributed by atoms with E-state index in [1.54, 1.807) is 6.92 Å². The smallest absolute Gasteiger partial charge is 0.393 e. The summed E-state index contributed by atoms with van der Waals surface area (Å²) < 4.78 is 56.5. The zero-order valence-electron chi connectivity index (χ0n) is 28.0. The number of rotatable bonds is 9. The summed E-state index contributed by atoms with van der Waals surface area (Å²) in [6, 6.07) is 0. The molecule has 13 nitrogen and oxygen atoms in total. The fraction of sp³-hybridized carbons (Fsp3) is 0.879. The maximum atomic E-state index is 12.8. The van der Waals surface area contributed by atoms with Gasteiger partial charge in [0.2, 0.25) is 0 Å². The quantitative estimate of drug-likeness (QED) is 0.134. The molecule has 5 rings (SSSR count). The Morgan fingerprint density at radius 2 is 1.70 bits per heavy atom. The summed E-state index contributed by atoms with van der Waals surface area (Å²) >= 11 is 0. The van der Waals surface area contributed by atoms with Crippen LogP contribution < -0.4 is 0 Å². The highest BCUT2D eigenvalue weighted by Crippen LogP contribution is 2.69. The van der Waals surface area contributed by atoms with Crippen LogP contribution in [-0.2, 0) is 28.8 Å². The Hall–Kier alpha value is -1.01. The van der Waals surface area contributed by atoms with E-state index in [2.05, 4.69) is 0 Å². The monoisotopic (exact) mass is 690 g/mol. The van der Waals surface area contributed by atoms with Crippen LogP contribution in [-0.4, -0.2) is 118 Å². The molecule has 0 aromatic heterocycles. The second-order valence-electron chi connectivity index (χ2n) is 15.3. The highest BCUT2D eigenvalue weighted by molar-refractivity contribution is 7.80. The molecule has 0 amide bonds. The van der Waals surface area contributed by atoms with Gasteiger partial charge in [-0.1, -0.05) is 45.9 Å². The van der Waals surface area contributed by atoms with Gasteiger partial charge in [-0.15, -0.1) is 0 Å². The summed E-state index contributed by atoms with van der Waals surface area (Å²) in [5.74, 6) is -2.43. The molecule has 5 aliphatic rings. The molecule has 17 unspecified atom stereocenters. The van der Waals surface area contributed by atoms with Gasteiger partial charge in [0.15, 0.2) is 6.29 Å². The highest BCUT2D eigenvalue weighted by atomic mass is 32.3. The van der Waals surface area contributed by atoms with Crippen LogP contribution in [0.4, 0.5) is 0 Å². The van der Waals surface area contributed by atoms with Crippen molar-refractivity contribution in [2.45, 2.75) is 127 Å². The van der Waals surface area contributed by atoms with Crippen molar-refractivity contribution >= 4 is 10.4 Å². The standard InChI is InChI=1S/C33H54O13S/c1-16(18(3)34)7-8-17(2)24-26(38)27(46-47(40,41)42)29-32(24,5)12-10-23-31(4)11-9-19(13-20(31)21(35)14-33(23,29)39)45-30-28(43-6)25(37)22(36)15-44-30/h7-8,13,16-19,21-30,34-39H,9-12,14-15H2,1-6H3,(H,40,41,42). The SMILES string of the molecule is COC1C(OC2C=C3C(O)CC4(O)C(CCC5(C)C(C(C)C=CC(C)C(C)O)C(O)C(OS(=O)(=O)O)C54)C3(C)CC2)OCC(O)C1O. The van der Waals surface area contributed by atoms with E-state index >= 15 is 0 Å². The highest BCUT2D eigenvalue weighted by Gasteiger charge is 2.73. The summed E-state index contributed by atoms with van der Waals surface area (Å²) in [6.07, 6.45) is -1.78. The van der Waals surface area contributed by atoms with E-state index in [1.807, 2.05) is 45.9 Å². The fourth-order valence-corrected chi connectivity index (χ4v) is 10.7.